The van der Waals surface area contributed by atoms with Gasteiger partial charge in [-0.05, 0) is 48.9 Å². The Balaban J connectivity index is 1.42. The van der Waals surface area contributed by atoms with Crippen LogP contribution in [0.25, 0.3) is 27.8 Å². The molecule has 33 heavy (non-hydrogen) atoms. The standard InChI is InChI=1S/C26H20N6O/c1-18(19-6-8-21(9-7-19)32-15-14-28-17-32)30-31-26(33)23-16-25(20-10-12-27-13-11-20)29-24-5-3-2-4-22(23)24/h2-17H,1H3,(H,31,33). The van der Waals surface area contributed by atoms with Crippen molar-refractivity contribution in [2.24, 2.45) is 5.10 Å². The predicted molar refractivity (Wildman–Crippen MR) is 128 cm³/mol. The van der Waals surface area contributed by atoms with Crippen LogP contribution in [-0.2, 0) is 0 Å². The van der Waals surface area contributed by atoms with Crippen molar-refractivity contribution in [1.82, 2.24) is 24.9 Å². The average molecular weight is 432 g/mol. The van der Waals surface area contributed by atoms with E-state index in [1.807, 2.05) is 78.4 Å². The first-order valence-corrected chi connectivity index (χ1v) is 10.4. The molecule has 2 aromatic carbocycles. The Bertz CT molecular complexity index is 1440. The molecule has 0 fully saturated rings. The van der Waals surface area contributed by atoms with Gasteiger partial charge in [0.15, 0.2) is 0 Å². The molecule has 3 aromatic heterocycles. The molecule has 5 rings (SSSR count). The van der Waals surface area contributed by atoms with Crippen molar-refractivity contribution < 1.29 is 4.79 Å². The zero-order valence-corrected chi connectivity index (χ0v) is 17.9. The Hall–Kier alpha value is -4.65. The molecule has 0 saturated carbocycles. The highest BCUT2D eigenvalue weighted by molar-refractivity contribution is 6.08. The SMILES string of the molecule is CC(=NNC(=O)c1cc(-c2ccncc2)nc2ccccc12)c1ccc(-n2ccnc2)cc1. The van der Waals surface area contributed by atoms with Crippen molar-refractivity contribution >= 4 is 22.5 Å². The molecule has 1 amide bonds. The molecule has 5 aromatic rings. The topological polar surface area (TPSA) is 85.1 Å². The quantitative estimate of drug-likeness (QED) is 0.324. The number of carbonyl (C=O) groups excluding carboxylic acids is 1. The second-order valence-electron chi connectivity index (χ2n) is 7.46. The Morgan fingerprint density at radius 3 is 2.48 bits per heavy atom. The second-order valence-corrected chi connectivity index (χ2v) is 7.46. The molecule has 0 bridgehead atoms. The Morgan fingerprint density at radius 1 is 0.939 bits per heavy atom. The van der Waals surface area contributed by atoms with E-state index < -0.39 is 0 Å². The van der Waals surface area contributed by atoms with E-state index in [9.17, 15) is 4.79 Å². The monoisotopic (exact) mass is 432 g/mol. The van der Waals surface area contributed by atoms with Gasteiger partial charge in [-0.25, -0.2) is 15.4 Å². The van der Waals surface area contributed by atoms with Gasteiger partial charge in [0.05, 0.1) is 28.8 Å². The van der Waals surface area contributed by atoms with E-state index in [2.05, 4.69) is 20.5 Å². The summed E-state index contributed by atoms with van der Waals surface area (Å²) < 4.78 is 1.92. The van der Waals surface area contributed by atoms with Gasteiger partial charge in [-0.15, -0.1) is 0 Å². The van der Waals surface area contributed by atoms with Gasteiger partial charge in [0.2, 0.25) is 0 Å². The number of amides is 1. The maximum absolute atomic E-state index is 13.1. The van der Waals surface area contributed by atoms with Gasteiger partial charge in [0, 0.05) is 41.4 Å². The van der Waals surface area contributed by atoms with Crippen LogP contribution >= 0.6 is 0 Å². The van der Waals surface area contributed by atoms with E-state index in [4.69, 9.17) is 4.98 Å². The number of benzene rings is 2. The third kappa shape index (κ3) is 4.24. The maximum Gasteiger partial charge on any atom is 0.272 e. The zero-order valence-electron chi connectivity index (χ0n) is 17.9. The van der Waals surface area contributed by atoms with Crippen LogP contribution in [-0.4, -0.2) is 31.1 Å². The Morgan fingerprint density at radius 2 is 1.73 bits per heavy atom. The lowest BCUT2D eigenvalue weighted by molar-refractivity contribution is 0.0956. The molecular weight excluding hydrogens is 412 g/mol. The third-order valence-corrected chi connectivity index (χ3v) is 5.35. The molecule has 1 N–H and O–H groups in total. The first-order chi connectivity index (χ1) is 16.2. The van der Waals surface area contributed by atoms with Crippen molar-refractivity contribution in [2.45, 2.75) is 6.92 Å². The predicted octanol–water partition coefficient (Wildman–Crippen LogP) is 4.64. The van der Waals surface area contributed by atoms with Gasteiger partial charge >= 0.3 is 0 Å². The zero-order chi connectivity index (χ0) is 22.6. The van der Waals surface area contributed by atoms with Crippen molar-refractivity contribution in [3.63, 3.8) is 0 Å². The van der Waals surface area contributed by atoms with Gasteiger partial charge in [0.25, 0.3) is 5.91 Å². The number of rotatable bonds is 5. The molecule has 0 saturated heterocycles. The van der Waals surface area contributed by atoms with Gasteiger partial charge in [-0.1, -0.05) is 30.3 Å². The van der Waals surface area contributed by atoms with Crippen molar-refractivity contribution in [3.8, 4) is 16.9 Å². The van der Waals surface area contributed by atoms with Crippen LogP contribution in [0.15, 0.2) is 103 Å². The fourth-order valence-electron chi connectivity index (χ4n) is 3.58. The minimum Gasteiger partial charge on any atom is -0.306 e. The number of nitrogens with one attached hydrogen (secondary N) is 1. The summed E-state index contributed by atoms with van der Waals surface area (Å²) in [6.45, 7) is 1.86. The second kappa shape index (κ2) is 8.84. The molecule has 7 nitrogen and oxygen atoms in total. The number of para-hydroxylation sites is 1. The largest absolute Gasteiger partial charge is 0.306 e. The van der Waals surface area contributed by atoms with E-state index in [0.29, 0.717) is 17.0 Å². The average Bonchev–Trinajstić information content (AvgIpc) is 3.42. The highest BCUT2D eigenvalue weighted by atomic mass is 16.2. The molecule has 0 aliphatic carbocycles. The van der Waals surface area contributed by atoms with E-state index in [0.717, 1.165) is 27.7 Å². The van der Waals surface area contributed by atoms with Crippen LogP contribution in [0.3, 0.4) is 0 Å². The smallest absolute Gasteiger partial charge is 0.272 e. The normalized spacial score (nSPS) is 11.5. The summed E-state index contributed by atoms with van der Waals surface area (Å²) in [5.41, 5.74) is 8.17. The lowest BCUT2D eigenvalue weighted by Gasteiger charge is -2.09. The van der Waals surface area contributed by atoms with Crippen LogP contribution in [0.1, 0.15) is 22.8 Å². The van der Waals surface area contributed by atoms with E-state index in [1.165, 1.54) is 0 Å². The molecule has 0 aliphatic rings. The third-order valence-electron chi connectivity index (χ3n) is 5.35. The molecular formula is C26H20N6O. The first-order valence-electron chi connectivity index (χ1n) is 10.4. The summed E-state index contributed by atoms with van der Waals surface area (Å²) in [4.78, 5) is 26.0. The molecule has 160 valence electrons. The van der Waals surface area contributed by atoms with Gasteiger partial charge < -0.3 is 4.57 Å². The van der Waals surface area contributed by atoms with E-state index in [1.54, 1.807) is 31.0 Å². The van der Waals surface area contributed by atoms with Crippen LogP contribution in [0, 0.1) is 0 Å². The minimum atomic E-state index is -0.293. The summed E-state index contributed by atoms with van der Waals surface area (Å²) >= 11 is 0. The van der Waals surface area contributed by atoms with E-state index >= 15 is 0 Å². The number of carbonyl (C=O) groups is 1. The number of hydrazone groups is 1. The summed E-state index contributed by atoms with van der Waals surface area (Å²) in [6, 6.07) is 21.0. The van der Waals surface area contributed by atoms with Gasteiger partial charge in [0.1, 0.15) is 0 Å². The number of hydrogen-bond acceptors (Lipinski definition) is 5. The van der Waals surface area contributed by atoms with Gasteiger partial charge in [-0.3, -0.25) is 9.78 Å². The Labute approximate surface area is 190 Å². The summed E-state index contributed by atoms with van der Waals surface area (Å²) in [5, 5.41) is 5.11. The van der Waals surface area contributed by atoms with Crippen molar-refractivity contribution in [1.29, 1.82) is 0 Å². The molecule has 0 radical (unpaired) electrons. The van der Waals surface area contributed by atoms with Crippen molar-refractivity contribution in [3.05, 3.63) is 109 Å². The molecule has 7 heteroatoms. The highest BCUT2D eigenvalue weighted by Crippen LogP contribution is 2.24. The van der Waals surface area contributed by atoms with Crippen LogP contribution < -0.4 is 5.43 Å². The number of fused-ring (bicyclic) bond motifs is 1. The van der Waals surface area contributed by atoms with Crippen LogP contribution in [0.4, 0.5) is 0 Å². The number of aromatic nitrogens is 4. The molecule has 0 spiro atoms. The van der Waals surface area contributed by atoms with Gasteiger partial charge in [-0.2, -0.15) is 5.10 Å². The number of imidazole rings is 1. The molecule has 0 atom stereocenters. The van der Waals surface area contributed by atoms with E-state index in [-0.39, 0.29) is 5.91 Å². The fraction of sp³-hybridized carbons (Fsp3) is 0.0385. The molecule has 0 unspecified atom stereocenters. The molecule has 0 aliphatic heterocycles. The van der Waals surface area contributed by atoms with Crippen LogP contribution in [0.2, 0.25) is 0 Å². The van der Waals surface area contributed by atoms with Crippen molar-refractivity contribution in [2.75, 3.05) is 0 Å². The maximum atomic E-state index is 13.1. The highest BCUT2D eigenvalue weighted by Gasteiger charge is 2.14. The number of hydrogen-bond donors (Lipinski definition) is 1. The lowest BCUT2D eigenvalue weighted by Crippen LogP contribution is -2.20. The summed E-state index contributed by atoms with van der Waals surface area (Å²) in [7, 11) is 0. The first kappa shape index (κ1) is 20.3. The minimum absolute atomic E-state index is 0.293. The fourth-order valence-corrected chi connectivity index (χ4v) is 3.58. The summed E-state index contributed by atoms with van der Waals surface area (Å²) in [5.74, 6) is -0.293. The summed E-state index contributed by atoms with van der Waals surface area (Å²) in [6.07, 6.45) is 8.78. The lowest BCUT2D eigenvalue weighted by atomic mass is 10.0. The molecule has 3 heterocycles. The Kier molecular flexibility index (Phi) is 5.43. The van der Waals surface area contributed by atoms with Crippen LogP contribution in [0.5, 0.6) is 0 Å². The number of nitrogens with zero attached hydrogens (tertiary/aromatic N) is 5. The number of pyridine rings is 2.